The lowest BCUT2D eigenvalue weighted by Crippen LogP contribution is -2.17. The molecule has 102 valence electrons. The normalized spacial score (nSPS) is 11.8. The van der Waals surface area contributed by atoms with Crippen molar-refractivity contribution in [1.82, 2.24) is 0 Å². The number of carboxylic acid groups (broad SMARTS) is 2. The highest BCUT2D eigenvalue weighted by Gasteiger charge is 2.25. The van der Waals surface area contributed by atoms with E-state index in [0.29, 0.717) is 5.56 Å². The lowest BCUT2D eigenvalue weighted by atomic mass is 9.89. The van der Waals surface area contributed by atoms with Gasteiger partial charge in [0.25, 0.3) is 0 Å². The largest absolute Gasteiger partial charge is 0.481 e. The zero-order valence-corrected chi connectivity index (χ0v) is 10.7. The number of rotatable bonds is 5. The van der Waals surface area contributed by atoms with E-state index < -0.39 is 17.9 Å². The van der Waals surface area contributed by atoms with E-state index in [2.05, 4.69) is 0 Å². The Morgan fingerprint density at radius 2 is 1.50 bits per heavy atom. The Bertz CT molecular complexity index is 619. The lowest BCUT2D eigenvalue weighted by molar-refractivity contribution is -0.138. The predicted molar refractivity (Wildman–Crippen MR) is 73.9 cm³/mol. The molecule has 0 aromatic heterocycles. The number of carbonyl (C=O) groups is 2. The van der Waals surface area contributed by atoms with Gasteiger partial charge in [-0.2, -0.15) is 0 Å². The van der Waals surface area contributed by atoms with Crippen molar-refractivity contribution in [2.45, 2.75) is 12.3 Å². The van der Waals surface area contributed by atoms with Crippen LogP contribution in [0.2, 0.25) is 0 Å². The Hall–Kier alpha value is -2.62. The molecule has 2 rings (SSSR count). The van der Waals surface area contributed by atoms with Crippen LogP contribution in [0, 0.1) is 0 Å². The first kappa shape index (κ1) is 13.8. The molecule has 0 saturated heterocycles. The van der Waals surface area contributed by atoms with Crippen molar-refractivity contribution >= 4 is 11.9 Å². The van der Waals surface area contributed by atoms with Crippen LogP contribution in [0.4, 0.5) is 0 Å². The SMILES string of the molecule is O=C(O)c1ccccc1C(Cc1ccccc1)C(=O)O. The van der Waals surface area contributed by atoms with E-state index in [-0.39, 0.29) is 12.0 Å². The van der Waals surface area contributed by atoms with Crippen LogP contribution in [-0.2, 0) is 11.2 Å². The van der Waals surface area contributed by atoms with Crippen LogP contribution in [0.3, 0.4) is 0 Å². The van der Waals surface area contributed by atoms with Gasteiger partial charge < -0.3 is 10.2 Å². The molecule has 0 saturated carbocycles. The average molecular weight is 270 g/mol. The van der Waals surface area contributed by atoms with E-state index in [1.165, 1.54) is 6.07 Å². The molecule has 0 heterocycles. The molecule has 4 heteroatoms. The Kier molecular flexibility index (Phi) is 4.15. The minimum absolute atomic E-state index is 0.0378. The maximum Gasteiger partial charge on any atom is 0.335 e. The second-order valence-electron chi connectivity index (χ2n) is 4.47. The molecule has 0 aliphatic rings. The molecule has 0 amide bonds. The van der Waals surface area contributed by atoms with Crippen LogP contribution < -0.4 is 0 Å². The summed E-state index contributed by atoms with van der Waals surface area (Å²) in [5.74, 6) is -3.01. The standard InChI is InChI=1S/C16H14O4/c17-15(18)13-9-5-4-8-12(13)14(16(19)20)10-11-6-2-1-3-7-11/h1-9,14H,10H2,(H,17,18)(H,19,20). The molecule has 0 aliphatic heterocycles. The van der Waals surface area contributed by atoms with E-state index in [0.717, 1.165) is 5.56 Å². The Balaban J connectivity index is 2.39. The molecule has 0 spiro atoms. The minimum Gasteiger partial charge on any atom is -0.481 e. The van der Waals surface area contributed by atoms with E-state index >= 15 is 0 Å². The summed E-state index contributed by atoms with van der Waals surface area (Å²) >= 11 is 0. The van der Waals surface area contributed by atoms with Gasteiger partial charge >= 0.3 is 11.9 Å². The highest BCUT2D eigenvalue weighted by molar-refractivity contribution is 5.92. The van der Waals surface area contributed by atoms with Crippen LogP contribution in [0.15, 0.2) is 54.6 Å². The molecular weight excluding hydrogens is 256 g/mol. The molecule has 4 nitrogen and oxygen atoms in total. The zero-order chi connectivity index (χ0) is 14.5. The maximum atomic E-state index is 11.5. The number of aromatic carboxylic acids is 1. The molecule has 2 N–H and O–H groups in total. The van der Waals surface area contributed by atoms with Crippen LogP contribution in [0.1, 0.15) is 27.4 Å². The van der Waals surface area contributed by atoms with Gasteiger partial charge in [-0.1, -0.05) is 48.5 Å². The summed E-state index contributed by atoms with van der Waals surface area (Å²) in [4.78, 5) is 22.7. The van der Waals surface area contributed by atoms with E-state index in [4.69, 9.17) is 5.11 Å². The first-order chi connectivity index (χ1) is 9.59. The third-order valence-corrected chi connectivity index (χ3v) is 3.15. The molecule has 20 heavy (non-hydrogen) atoms. The fourth-order valence-electron chi connectivity index (χ4n) is 2.18. The van der Waals surface area contributed by atoms with E-state index in [1.807, 2.05) is 30.3 Å². The highest BCUT2D eigenvalue weighted by Crippen LogP contribution is 2.24. The van der Waals surface area contributed by atoms with Crippen LogP contribution in [0.5, 0.6) is 0 Å². The summed E-state index contributed by atoms with van der Waals surface area (Å²) in [5.41, 5.74) is 1.23. The molecular formula is C16H14O4. The quantitative estimate of drug-likeness (QED) is 0.876. The smallest absolute Gasteiger partial charge is 0.335 e. The molecule has 0 bridgehead atoms. The predicted octanol–water partition coefficient (Wildman–Crippen LogP) is 2.80. The van der Waals surface area contributed by atoms with Crippen molar-refractivity contribution in [3.05, 3.63) is 71.3 Å². The monoisotopic (exact) mass is 270 g/mol. The summed E-state index contributed by atoms with van der Waals surface area (Å²) in [6.07, 6.45) is 0.264. The third kappa shape index (κ3) is 3.03. The topological polar surface area (TPSA) is 74.6 Å². The van der Waals surface area contributed by atoms with Gasteiger partial charge in [0, 0.05) is 0 Å². The fourth-order valence-corrected chi connectivity index (χ4v) is 2.18. The van der Waals surface area contributed by atoms with Crippen molar-refractivity contribution in [1.29, 1.82) is 0 Å². The van der Waals surface area contributed by atoms with E-state index in [9.17, 15) is 14.7 Å². The summed E-state index contributed by atoms with van der Waals surface area (Å²) in [6, 6.07) is 15.4. The van der Waals surface area contributed by atoms with Crippen molar-refractivity contribution in [3.63, 3.8) is 0 Å². The summed E-state index contributed by atoms with van der Waals surface area (Å²) in [6.45, 7) is 0. The number of benzene rings is 2. The molecule has 2 aromatic rings. The first-order valence-corrected chi connectivity index (χ1v) is 6.18. The van der Waals surface area contributed by atoms with Gasteiger partial charge in [-0.3, -0.25) is 4.79 Å². The number of hydrogen-bond donors (Lipinski definition) is 2. The first-order valence-electron chi connectivity index (χ1n) is 6.18. The molecule has 0 radical (unpaired) electrons. The number of aliphatic carboxylic acids is 1. The molecule has 1 atom stereocenters. The molecule has 2 aromatic carbocycles. The second kappa shape index (κ2) is 6.02. The van der Waals surface area contributed by atoms with Crippen molar-refractivity contribution < 1.29 is 19.8 Å². The Labute approximate surface area is 116 Å². The van der Waals surface area contributed by atoms with Gasteiger partial charge in [0.2, 0.25) is 0 Å². The van der Waals surface area contributed by atoms with Gasteiger partial charge in [0.05, 0.1) is 11.5 Å². The highest BCUT2D eigenvalue weighted by atomic mass is 16.4. The third-order valence-electron chi connectivity index (χ3n) is 3.15. The maximum absolute atomic E-state index is 11.5. The van der Waals surface area contributed by atoms with Gasteiger partial charge in [-0.05, 0) is 23.6 Å². The second-order valence-corrected chi connectivity index (χ2v) is 4.47. The Morgan fingerprint density at radius 3 is 2.10 bits per heavy atom. The summed E-state index contributed by atoms with van der Waals surface area (Å²) in [7, 11) is 0. The zero-order valence-electron chi connectivity index (χ0n) is 10.7. The van der Waals surface area contributed by atoms with Gasteiger partial charge in [0.15, 0.2) is 0 Å². The fraction of sp³-hybridized carbons (Fsp3) is 0.125. The molecule has 1 unspecified atom stereocenters. The summed E-state index contributed by atoms with van der Waals surface area (Å²) in [5, 5.41) is 18.6. The minimum atomic E-state index is -1.11. The van der Waals surface area contributed by atoms with Gasteiger partial charge in [-0.15, -0.1) is 0 Å². The van der Waals surface area contributed by atoms with E-state index in [1.54, 1.807) is 18.2 Å². The van der Waals surface area contributed by atoms with Gasteiger partial charge in [-0.25, -0.2) is 4.79 Å². The van der Waals surface area contributed by atoms with Gasteiger partial charge in [0.1, 0.15) is 0 Å². The van der Waals surface area contributed by atoms with Crippen LogP contribution in [-0.4, -0.2) is 22.2 Å². The molecule has 0 aliphatic carbocycles. The van der Waals surface area contributed by atoms with Crippen molar-refractivity contribution in [2.75, 3.05) is 0 Å². The molecule has 0 fully saturated rings. The van der Waals surface area contributed by atoms with Crippen molar-refractivity contribution in [3.8, 4) is 0 Å². The summed E-state index contributed by atoms with van der Waals surface area (Å²) < 4.78 is 0. The number of hydrogen-bond acceptors (Lipinski definition) is 2. The van der Waals surface area contributed by atoms with Crippen molar-refractivity contribution in [2.24, 2.45) is 0 Å². The number of carboxylic acids is 2. The lowest BCUT2D eigenvalue weighted by Gasteiger charge is -2.15. The van der Waals surface area contributed by atoms with Crippen LogP contribution in [0.25, 0.3) is 0 Å². The average Bonchev–Trinajstić information content (AvgIpc) is 2.45. The van der Waals surface area contributed by atoms with Crippen LogP contribution >= 0.6 is 0 Å². The Morgan fingerprint density at radius 1 is 0.900 bits per heavy atom.